The molecule has 2 aromatic rings. The third kappa shape index (κ3) is 4.58. The van der Waals surface area contributed by atoms with Crippen molar-refractivity contribution in [3.05, 3.63) is 64.7 Å². The molecular formula is C25H29NO5. The van der Waals surface area contributed by atoms with E-state index in [-0.39, 0.29) is 22.8 Å². The lowest BCUT2D eigenvalue weighted by Gasteiger charge is -2.25. The van der Waals surface area contributed by atoms with E-state index in [9.17, 15) is 19.8 Å². The van der Waals surface area contributed by atoms with Crippen molar-refractivity contribution in [2.45, 2.75) is 45.6 Å². The molecule has 0 aliphatic carbocycles. The molecule has 0 saturated carbocycles. The van der Waals surface area contributed by atoms with Gasteiger partial charge in [-0.2, -0.15) is 0 Å². The number of aliphatic hydroxyl groups excluding tert-OH is 1. The molecule has 1 amide bonds. The summed E-state index contributed by atoms with van der Waals surface area (Å²) in [4.78, 5) is 27.4. The number of aromatic hydroxyl groups is 1. The lowest BCUT2D eigenvalue weighted by Crippen LogP contribution is -2.30. The molecule has 1 aliphatic heterocycles. The Morgan fingerprint density at radius 1 is 1.06 bits per heavy atom. The molecule has 2 aromatic carbocycles. The number of likely N-dealkylation sites (tertiary alicyclic amines) is 1. The summed E-state index contributed by atoms with van der Waals surface area (Å²) in [6.45, 7) is 4.45. The number of aryl methyl sites for hydroxylation is 1. The van der Waals surface area contributed by atoms with Crippen LogP contribution in [0.25, 0.3) is 5.76 Å². The van der Waals surface area contributed by atoms with Crippen molar-refractivity contribution in [2.24, 2.45) is 0 Å². The summed E-state index contributed by atoms with van der Waals surface area (Å²) >= 11 is 0. The molecule has 0 unspecified atom stereocenters. The van der Waals surface area contributed by atoms with Crippen molar-refractivity contribution in [1.29, 1.82) is 0 Å². The van der Waals surface area contributed by atoms with Gasteiger partial charge in [-0.25, -0.2) is 0 Å². The van der Waals surface area contributed by atoms with Crippen molar-refractivity contribution in [3.8, 4) is 11.5 Å². The van der Waals surface area contributed by atoms with Gasteiger partial charge in [-0.15, -0.1) is 0 Å². The molecular weight excluding hydrogens is 394 g/mol. The summed E-state index contributed by atoms with van der Waals surface area (Å²) in [6.07, 6.45) is 3.82. The summed E-state index contributed by atoms with van der Waals surface area (Å²) in [5, 5.41) is 21.0. The average molecular weight is 424 g/mol. The van der Waals surface area contributed by atoms with Crippen LogP contribution >= 0.6 is 0 Å². The van der Waals surface area contributed by atoms with E-state index in [4.69, 9.17) is 4.74 Å². The first kappa shape index (κ1) is 22.4. The summed E-state index contributed by atoms with van der Waals surface area (Å²) in [7, 11) is 1.44. The number of ether oxygens (including phenoxy) is 1. The zero-order chi connectivity index (χ0) is 22.5. The Balaban J connectivity index is 2.10. The third-order valence-corrected chi connectivity index (χ3v) is 5.64. The molecule has 0 radical (unpaired) electrons. The van der Waals surface area contributed by atoms with E-state index in [1.54, 1.807) is 24.3 Å². The number of nitrogens with zero attached hydrogens (tertiary/aromatic N) is 1. The van der Waals surface area contributed by atoms with Crippen LogP contribution in [0.2, 0.25) is 0 Å². The topological polar surface area (TPSA) is 87.1 Å². The summed E-state index contributed by atoms with van der Waals surface area (Å²) in [6, 6.07) is 11.1. The van der Waals surface area contributed by atoms with Crippen LogP contribution in [-0.4, -0.2) is 40.5 Å². The summed E-state index contributed by atoms with van der Waals surface area (Å²) < 4.78 is 5.22. The van der Waals surface area contributed by atoms with Crippen molar-refractivity contribution in [2.75, 3.05) is 13.7 Å². The number of amides is 1. The molecule has 0 spiro atoms. The number of methoxy groups -OCH3 is 1. The molecule has 6 heteroatoms. The monoisotopic (exact) mass is 423 g/mol. The Bertz CT molecular complexity index is 993. The van der Waals surface area contributed by atoms with Crippen LogP contribution in [0.1, 0.15) is 55.3 Å². The molecule has 6 nitrogen and oxygen atoms in total. The van der Waals surface area contributed by atoms with Gasteiger partial charge in [0.1, 0.15) is 5.76 Å². The second-order valence-electron chi connectivity index (χ2n) is 7.85. The average Bonchev–Trinajstić information content (AvgIpc) is 3.02. The number of unbranched alkanes of at least 4 members (excludes halogenated alkanes) is 3. The van der Waals surface area contributed by atoms with Gasteiger partial charge in [-0.3, -0.25) is 9.59 Å². The quantitative estimate of drug-likeness (QED) is 0.278. The van der Waals surface area contributed by atoms with Gasteiger partial charge in [0, 0.05) is 12.1 Å². The fourth-order valence-electron chi connectivity index (χ4n) is 3.90. The third-order valence-electron chi connectivity index (χ3n) is 5.64. The minimum atomic E-state index is -0.752. The van der Waals surface area contributed by atoms with Gasteiger partial charge in [-0.1, -0.05) is 62.1 Å². The maximum absolute atomic E-state index is 13.0. The number of ketones is 1. The predicted octanol–water partition coefficient (Wildman–Crippen LogP) is 4.71. The number of carbonyl (C=O) groups is 2. The normalized spacial score (nSPS) is 17.9. The van der Waals surface area contributed by atoms with Crippen LogP contribution in [-0.2, 0) is 9.59 Å². The molecule has 1 aliphatic rings. The largest absolute Gasteiger partial charge is 0.507 e. The first-order valence-corrected chi connectivity index (χ1v) is 10.6. The molecule has 0 aromatic heterocycles. The van der Waals surface area contributed by atoms with E-state index in [1.807, 2.05) is 19.1 Å². The van der Waals surface area contributed by atoms with Gasteiger partial charge in [0.15, 0.2) is 11.5 Å². The van der Waals surface area contributed by atoms with E-state index in [2.05, 4.69) is 6.92 Å². The zero-order valence-corrected chi connectivity index (χ0v) is 18.2. The Morgan fingerprint density at radius 2 is 1.77 bits per heavy atom. The van der Waals surface area contributed by atoms with Gasteiger partial charge in [0.25, 0.3) is 11.7 Å². The van der Waals surface area contributed by atoms with Gasteiger partial charge in [0.05, 0.1) is 18.7 Å². The maximum Gasteiger partial charge on any atom is 0.295 e. The number of phenolic OH excluding ortho intramolecular Hbond substituents is 1. The van der Waals surface area contributed by atoms with E-state index in [0.717, 1.165) is 31.2 Å². The molecule has 2 N–H and O–H groups in total. The van der Waals surface area contributed by atoms with E-state index >= 15 is 0 Å². The molecule has 1 saturated heterocycles. The maximum atomic E-state index is 13.0. The van der Waals surface area contributed by atoms with Crippen LogP contribution < -0.4 is 4.74 Å². The van der Waals surface area contributed by atoms with Crippen molar-refractivity contribution < 1.29 is 24.5 Å². The number of hydrogen-bond donors (Lipinski definition) is 2. The first-order valence-electron chi connectivity index (χ1n) is 10.6. The molecule has 0 bridgehead atoms. The lowest BCUT2D eigenvalue weighted by molar-refractivity contribution is -0.139. The Hall–Kier alpha value is -3.28. The fraction of sp³-hybridized carbons (Fsp3) is 0.360. The molecule has 1 atom stereocenters. The SMILES string of the molecule is CCCCCCN1C(=O)C(=O)C(=C(O)c2ccc(C)cc2)[C@H]1c1ccc(O)c(OC)c1. The zero-order valence-electron chi connectivity index (χ0n) is 18.2. The smallest absolute Gasteiger partial charge is 0.295 e. The van der Waals surface area contributed by atoms with E-state index in [1.165, 1.54) is 18.1 Å². The minimum absolute atomic E-state index is 0.0373. The molecule has 164 valence electrons. The standard InChI is InChI=1S/C25H29NO5/c1-4-5-6-7-14-26-22(18-12-13-19(27)20(15-18)31-3)21(24(29)25(26)30)23(28)17-10-8-16(2)9-11-17/h8-13,15,22,27-28H,4-7,14H2,1-3H3/t22-/m1/s1. The van der Waals surface area contributed by atoms with Gasteiger partial charge in [-0.05, 0) is 31.0 Å². The lowest BCUT2D eigenvalue weighted by atomic mass is 9.94. The predicted molar refractivity (Wildman–Crippen MR) is 119 cm³/mol. The molecule has 31 heavy (non-hydrogen) atoms. The second-order valence-corrected chi connectivity index (χ2v) is 7.85. The summed E-state index contributed by atoms with van der Waals surface area (Å²) in [5.74, 6) is -1.33. The number of phenols is 1. The van der Waals surface area contributed by atoms with E-state index in [0.29, 0.717) is 17.7 Å². The number of rotatable bonds is 8. The number of aliphatic hydroxyl groups is 1. The van der Waals surface area contributed by atoms with Crippen molar-refractivity contribution in [1.82, 2.24) is 4.90 Å². The Kier molecular flexibility index (Phi) is 7.00. The number of benzene rings is 2. The van der Waals surface area contributed by atoms with Crippen LogP contribution in [0.5, 0.6) is 11.5 Å². The highest BCUT2D eigenvalue weighted by molar-refractivity contribution is 6.46. The number of hydrogen-bond acceptors (Lipinski definition) is 5. The van der Waals surface area contributed by atoms with Crippen LogP contribution in [0.4, 0.5) is 0 Å². The minimum Gasteiger partial charge on any atom is -0.507 e. The summed E-state index contributed by atoms with van der Waals surface area (Å²) in [5.41, 5.74) is 2.15. The van der Waals surface area contributed by atoms with Gasteiger partial charge in [0.2, 0.25) is 0 Å². The fourth-order valence-corrected chi connectivity index (χ4v) is 3.90. The van der Waals surface area contributed by atoms with Crippen LogP contribution in [0, 0.1) is 6.92 Å². The van der Waals surface area contributed by atoms with Crippen LogP contribution in [0.3, 0.4) is 0 Å². The van der Waals surface area contributed by atoms with E-state index < -0.39 is 17.7 Å². The highest BCUT2D eigenvalue weighted by Gasteiger charge is 2.46. The Labute approximate surface area is 182 Å². The first-order chi connectivity index (χ1) is 14.9. The molecule has 1 heterocycles. The van der Waals surface area contributed by atoms with Crippen molar-refractivity contribution >= 4 is 17.4 Å². The van der Waals surface area contributed by atoms with Crippen LogP contribution in [0.15, 0.2) is 48.0 Å². The van der Waals surface area contributed by atoms with Crippen molar-refractivity contribution in [3.63, 3.8) is 0 Å². The number of Topliss-reactive ketones (excluding diaryl/α,β-unsaturated/α-hetero) is 1. The molecule has 1 fully saturated rings. The molecule has 3 rings (SSSR count). The highest BCUT2D eigenvalue weighted by atomic mass is 16.5. The van der Waals surface area contributed by atoms with Gasteiger partial charge >= 0.3 is 0 Å². The number of carbonyl (C=O) groups excluding carboxylic acids is 2. The highest BCUT2D eigenvalue weighted by Crippen LogP contribution is 2.41. The second kappa shape index (κ2) is 9.69. The Morgan fingerprint density at radius 3 is 2.42 bits per heavy atom. The van der Waals surface area contributed by atoms with Gasteiger partial charge < -0.3 is 19.8 Å².